The molecule has 1 atom stereocenters. The van der Waals surface area contributed by atoms with Crippen molar-refractivity contribution < 1.29 is 8.42 Å². The minimum Gasteiger partial charge on any atom is -0.310 e. The van der Waals surface area contributed by atoms with Crippen LogP contribution in [0.15, 0.2) is 34.5 Å². The van der Waals surface area contributed by atoms with E-state index in [-0.39, 0.29) is 10.8 Å². The fraction of sp³-hybridized carbons (Fsp3) is 0.412. The molecule has 0 radical (unpaired) electrons. The van der Waals surface area contributed by atoms with Crippen LogP contribution in [0.1, 0.15) is 11.4 Å². The number of likely N-dealkylation sites (tertiary alicyclic amines) is 1. The molecule has 0 spiro atoms. The van der Waals surface area contributed by atoms with Gasteiger partial charge in [-0.15, -0.1) is 11.3 Å². The van der Waals surface area contributed by atoms with Gasteiger partial charge in [0.15, 0.2) is 6.19 Å². The van der Waals surface area contributed by atoms with E-state index in [2.05, 4.69) is 11.2 Å². The second-order valence-corrected chi connectivity index (χ2v) is 9.37. The van der Waals surface area contributed by atoms with E-state index in [9.17, 15) is 8.42 Å². The number of nitrogens with zero attached hydrogens (tertiary/aromatic N) is 4. The van der Waals surface area contributed by atoms with Gasteiger partial charge in [-0.1, -0.05) is 12.1 Å². The lowest BCUT2D eigenvalue weighted by Crippen LogP contribution is -2.32. The molecule has 0 aliphatic carbocycles. The summed E-state index contributed by atoms with van der Waals surface area (Å²) in [5, 5.41) is 11.8. The van der Waals surface area contributed by atoms with Gasteiger partial charge >= 0.3 is 0 Å². The summed E-state index contributed by atoms with van der Waals surface area (Å²) in [5.74, 6) is 0.184. The highest BCUT2D eigenvalue weighted by atomic mass is 32.2. The summed E-state index contributed by atoms with van der Waals surface area (Å²) in [5.41, 5.74) is 1.60. The summed E-state index contributed by atoms with van der Waals surface area (Å²) in [7, 11) is -1.97. The number of sulfonamides is 1. The fourth-order valence-electron chi connectivity index (χ4n) is 3.03. The molecule has 8 heteroatoms. The average molecular weight is 377 g/mol. The van der Waals surface area contributed by atoms with Crippen molar-refractivity contribution in [3.63, 3.8) is 0 Å². The molecular weight excluding hydrogens is 356 g/mol. The van der Waals surface area contributed by atoms with Crippen molar-refractivity contribution in [3.8, 4) is 17.5 Å². The Morgan fingerprint density at radius 3 is 2.92 bits per heavy atom. The van der Waals surface area contributed by atoms with Gasteiger partial charge in [0, 0.05) is 37.6 Å². The Hall–Kier alpha value is -1.95. The van der Waals surface area contributed by atoms with Gasteiger partial charge < -0.3 is 4.90 Å². The van der Waals surface area contributed by atoms with Crippen LogP contribution >= 0.6 is 11.3 Å². The first-order valence-corrected chi connectivity index (χ1v) is 10.4. The van der Waals surface area contributed by atoms with Crippen molar-refractivity contribution in [1.29, 1.82) is 5.26 Å². The van der Waals surface area contributed by atoms with Gasteiger partial charge in [-0.05, 0) is 31.4 Å². The van der Waals surface area contributed by atoms with E-state index in [1.807, 2.05) is 18.4 Å². The van der Waals surface area contributed by atoms with Gasteiger partial charge in [0.2, 0.25) is 10.0 Å². The second-order valence-electron chi connectivity index (χ2n) is 6.27. The number of aryl methyl sites for hydroxylation is 1. The molecule has 3 rings (SSSR count). The quantitative estimate of drug-likeness (QED) is 0.750. The molecule has 0 N–H and O–H groups in total. The van der Waals surface area contributed by atoms with Gasteiger partial charge in [-0.25, -0.2) is 17.7 Å². The molecule has 0 amide bonds. The highest BCUT2D eigenvalue weighted by molar-refractivity contribution is 7.89. The molecule has 1 unspecified atom stereocenters. The number of aromatic nitrogens is 1. The van der Waals surface area contributed by atoms with Gasteiger partial charge in [0.25, 0.3) is 0 Å². The number of nitriles is 1. The van der Waals surface area contributed by atoms with Crippen LogP contribution in [0.3, 0.4) is 0 Å². The van der Waals surface area contributed by atoms with Gasteiger partial charge in [0.1, 0.15) is 0 Å². The van der Waals surface area contributed by atoms with E-state index in [4.69, 9.17) is 5.26 Å². The Labute approximate surface area is 152 Å². The summed E-state index contributed by atoms with van der Waals surface area (Å²) in [6.07, 6.45) is 2.96. The molecule has 0 saturated carbocycles. The molecule has 1 aliphatic heterocycles. The Bertz CT molecular complexity index is 901. The Kier molecular flexibility index (Phi) is 5.08. The molecule has 6 nitrogen and oxygen atoms in total. The summed E-state index contributed by atoms with van der Waals surface area (Å²) in [4.78, 5) is 6.37. The van der Waals surface area contributed by atoms with Crippen LogP contribution in [0.2, 0.25) is 0 Å². The molecule has 25 heavy (non-hydrogen) atoms. The summed E-state index contributed by atoms with van der Waals surface area (Å²) in [6.45, 7) is 3.66. The van der Waals surface area contributed by atoms with E-state index in [1.165, 1.54) is 4.31 Å². The zero-order valence-corrected chi connectivity index (χ0v) is 15.8. The Balaban J connectivity index is 1.79. The van der Waals surface area contributed by atoms with E-state index < -0.39 is 10.0 Å². The molecule has 2 heterocycles. The minimum absolute atomic E-state index is 0.184. The van der Waals surface area contributed by atoms with E-state index in [1.54, 1.807) is 41.5 Å². The molecule has 1 aromatic heterocycles. The third-order valence-electron chi connectivity index (χ3n) is 4.40. The highest BCUT2D eigenvalue weighted by Crippen LogP contribution is 2.26. The first-order chi connectivity index (χ1) is 11.9. The van der Waals surface area contributed by atoms with Crippen molar-refractivity contribution in [3.05, 3.63) is 34.7 Å². The SMILES string of the molecule is Cc1nc(-c2cccc(S(=O)(=O)N(C)CC3CCN(C#N)C3)c2)cs1. The summed E-state index contributed by atoms with van der Waals surface area (Å²) < 4.78 is 27.2. The van der Waals surface area contributed by atoms with Crippen molar-refractivity contribution in [2.24, 2.45) is 5.92 Å². The Morgan fingerprint density at radius 1 is 1.48 bits per heavy atom. The zero-order valence-electron chi connectivity index (χ0n) is 14.2. The van der Waals surface area contributed by atoms with Crippen molar-refractivity contribution in [2.75, 3.05) is 26.7 Å². The fourth-order valence-corrected chi connectivity index (χ4v) is 4.94. The standard InChI is InChI=1S/C17H20N4O2S2/c1-13-19-17(11-24-13)15-4-3-5-16(8-15)25(22,23)20(2)9-14-6-7-21(10-14)12-18/h3-5,8,11,14H,6-7,9-10H2,1-2H3. The molecule has 1 aliphatic rings. The number of benzene rings is 1. The van der Waals surface area contributed by atoms with Crippen LogP contribution in [-0.4, -0.2) is 49.3 Å². The molecule has 1 aromatic carbocycles. The van der Waals surface area contributed by atoms with E-state index in [0.29, 0.717) is 19.6 Å². The molecular formula is C17H20N4O2S2. The minimum atomic E-state index is -3.57. The van der Waals surface area contributed by atoms with Crippen molar-refractivity contribution >= 4 is 21.4 Å². The predicted octanol–water partition coefficient (Wildman–Crippen LogP) is 2.54. The third kappa shape index (κ3) is 3.84. The van der Waals surface area contributed by atoms with E-state index >= 15 is 0 Å². The normalized spacial score (nSPS) is 17.8. The number of rotatable bonds is 5. The maximum atomic E-state index is 12.9. The monoisotopic (exact) mass is 376 g/mol. The van der Waals surface area contributed by atoms with Crippen LogP contribution in [0.5, 0.6) is 0 Å². The van der Waals surface area contributed by atoms with Gasteiger partial charge in [0.05, 0.1) is 15.6 Å². The third-order valence-corrected chi connectivity index (χ3v) is 6.99. The molecule has 2 aromatic rings. The van der Waals surface area contributed by atoms with Crippen LogP contribution in [-0.2, 0) is 10.0 Å². The summed E-state index contributed by atoms with van der Waals surface area (Å²) in [6, 6.07) is 6.91. The number of thiazole rings is 1. The lowest BCUT2D eigenvalue weighted by molar-refractivity contribution is 0.378. The van der Waals surface area contributed by atoms with Gasteiger partial charge in [-0.2, -0.15) is 5.26 Å². The largest absolute Gasteiger partial charge is 0.310 e. The van der Waals surface area contributed by atoms with Crippen LogP contribution < -0.4 is 0 Å². The maximum Gasteiger partial charge on any atom is 0.242 e. The molecule has 132 valence electrons. The second kappa shape index (κ2) is 7.12. The first kappa shape index (κ1) is 17.9. The smallest absolute Gasteiger partial charge is 0.242 e. The molecule has 0 bridgehead atoms. The first-order valence-electron chi connectivity index (χ1n) is 8.03. The summed E-state index contributed by atoms with van der Waals surface area (Å²) >= 11 is 1.54. The lowest BCUT2D eigenvalue weighted by atomic mass is 10.1. The average Bonchev–Trinajstić information content (AvgIpc) is 3.23. The zero-order chi connectivity index (χ0) is 18.0. The van der Waals surface area contributed by atoms with Crippen molar-refractivity contribution in [2.45, 2.75) is 18.2 Å². The maximum absolute atomic E-state index is 12.9. The lowest BCUT2D eigenvalue weighted by Gasteiger charge is -2.21. The van der Waals surface area contributed by atoms with Gasteiger partial charge in [-0.3, -0.25) is 0 Å². The van der Waals surface area contributed by atoms with Crippen LogP contribution in [0.25, 0.3) is 11.3 Å². The van der Waals surface area contributed by atoms with E-state index in [0.717, 1.165) is 22.7 Å². The van der Waals surface area contributed by atoms with Crippen LogP contribution in [0.4, 0.5) is 0 Å². The van der Waals surface area contributed by atoms with Crippen LogP contribution in [0, 0.1) is 24.3 Å². The Morgan fingerprint density at radius 2 is 2.28 bits per heavy atom. The molecule has 1 saturated heterocycles. The number of hydrogen-bond donors (Lipinski definition) is 0. The predicted molar refractivity (Wildman–Crippen MR) is 97.4 cm³/mol. The highest BCUT2D eigenvalue weighted by Gasteiger charge is 2.28. The topological polar surface area (TPSA) is 77.3 Å². The molecule has 1 fully saturated rings. The number of hydrogen-bond acceptors (Lipinski definition) is 6. The van der Waals surface area contributed by atoms with Crippen molar-refractivity contribution in [1.82, 2.24) is 14.2 Å².